The monoisotopic (exact) mass is 297 g/mol. The summed E-state index contributed by atoms with van der Waals surface area (Å²) in [5.74, 6) is 0.474. The van der Waals surface area contributed by atoms with Crippen molar-refractivity contribution in [2.24, 2.45) is 11.7 Å². The number of anilines is 1. The minimum Gasteiger partial charge on any atom is -0.330 e. The maximum absolute atomic E-state index is 11.8. The van der Waals surface area contributed by atoms with E-state index in [-0.39, 0.29) is 6.04 Å². The molecular weight excluding hydrogens is 274 g/mol. The Kier molecular flexibility index (Phi) is 4.36. The number of rotatable bonds is 4. The minimum atomic E-state index is -3.25. The van der Waals surface area contributed by atoms with Gasteiger partial charge in [-0.25, -0.2) is 8.42 Å². The molecule has 5 nitrogen and oxygen atoms in total. The number of likely N-dealkylation sites (tertiary alicyclic amines) is 1. The Morgan fingerprint density at radius 1 is 1.40 bits per heavy atom. The normalized spacial score (nSPS) is 24.0. The van der Waals surface area contributed by atoms with Crippen LogP contribution in [0.1, 0.15) is 18.0 Å². The molecule has 1 aromatic carbocycles. The molecule has 1 aliphatic rings. The predicted molar refractivity (Wildman–Crippen MR) is 82.2 cm³/mol. The molecule has 0 aromatic heterocycles. The highest BCUT2D eigenvalue weighted by Gasteiger charge is 2.32. The van der Waals surface area contributed by atoms with Gasteiger partial charge in [-0.3, -0.25) is 9.21 Å². The van der Waals surface area contributed by atoms with Crippen LogP contribution in [-0.2, 0) is 10.0 Å². The number of nitrogens with two attached hydrogens (primary N) is 1. The minimum absolute atomic E-state index is 0.226. The second-order valence-electron chi connectivity index (χ2n) is 5.58. The van der Waals surface area contributed by atoms with Gasteiger partial charge in [0.2, 0.25) is 10.0 Å². The molecule has 2 atom stereocenters. The van der Waals surface area contributed by atoms with Crippen LogP contribution in [0.4, 0.5) is 5.69 Å². The number of nitrogens with zero attached hydrogens (tertiary/aromatic N) is 2. The van der Waals surface area contributed by atoms with Gasteiger partial charge < -0.3 is 5.73 Å². The highest BCUT2D eigenvalue weighted by atomic mass is 32.2. The summed E-state index contributed by atoms with van der Waals surface area (Å²) in [4.78, 5) is 2.26. The number of para-hydroxylation sites is 1. The van der Waals surface area contributed by atoms with Gasteiger partial charge in [-0.1, -0.05) is 18.2 Å². The molecule has 1 saturated heterocycles. The second kappa shape index (κ2) is 5.71. The zero-order valence-electron chi connectivity index (χ0n) is 12.3. The van der Waals surface area contributed by atoms with E-state index in [2.05, 4.69) is 11.9 Å². The van der Waals surface area contributed by atoms with Crippen LogP contribution in [-0.4, -0.2) is 46.8 Å². The van der Waals surface area contributed by atoms with Gasteiger partial charge >= 0.3 is 0 Å². The molecule has 2 unspecified atom stereocenters. The summed E-state index contributed by atoms with van der Waals surface area (Å²) in [7, 11) is 0.413. The molecule has 0 aliphatic carbocycles. The van der Waals surface area contributed by atoms with Gasteiger partial charge in [0, 0.05) is 19.6 Å². The molecule has 1 aliphatic heterocycles. The summed E-state index contributed by atoms with van der Waals surface area (Å²) in [6, 6.07) is 7.93. The second-order valence-corrected chi connectivity index (χ2v) is 7.60. The Labute approximate surface area is 121 Å². The first-order valence-corrected chi connectivity index (χ1v) is 8.62. The van der Waals surface area contributed by atoms with Crippen LogP contribution in [0.2, 0.25) is 0 Å². The lowest BCUT2D eigenvalue weighted by atomic mass is 9.98. The molecule has 0 spiro atoms. The van der Waals surface area contributed by atoms with Crippen molar-refractivity contribution in [2.75, 3.05) is 37.7 Å². The Morgan fingerprint density at radius 2 is 2.05 bits per heavy atom. The molecular formula is C14H23N3O2S. The van der Waals surface area contributed by atoms with Gasteiger partial charge in [0.25, 0.3) is 0 Å². The van der Waals surface area contributed by atoms with Crippen molar-refractivity contribution in [1.82, 2.24) is 4.90 Å². The topological polar surface area (TPSA) is 66.6 Å². The number of hydrogen-bond acceptors (Lipinski definition) is 4. The van der Waals surface area contributed by atoms with Crippen molar-refractivity contribution in [3.05, 3.63) is 29.8 Å². The summed E-state index contributed by atoms with van der Waals surface area (Å²) in [6.07, 6.45) is 2.20. The van der Waals surface area contributed by atoms with Crippen molar-refractivity contribution in [2.45, 2.75) is 12.5 Å². The molecule has 2 rings (SSSR count). The highest BCUT2D eigenvalue weighted by Crippen LogP contribution is 2.38. The quantitative estimate of drug-likeness (QED) is 0.901. The molecule has 1 fully saturated rings. The molecule has 0 amide bonds. The number of hydrogen-bond donors (Lipinski definition) is 1. The Hall–Kier alpha value is -1.11. The van der Waals surface area contributed by atoms with Crippen LogP contribution in [0.15, 0.2) is 24.3 Å². The van der Waals surface area contributed by atoms with E-state index >= 15 is 0 Å². The summed E-state index contributed by atoms with van der Waals surface area (Å²) in [5.41, 5.74) is 7.58. The third-order valence-electron chi connectivity index (χ3n) is 4.10. The average molecular weight is 297 g/mol. The standard InChI is InChI=1S/C14H23N3O2S/c1-16-10-11(9-15)8-14(16)12-6-4-5-7-13(12)17(2)20(3,18)19/h4-7,11,14H,8-10,15H2,1-3H3. The van der Waals surface area contributed by atoms with Crippen molar-refractivity contribution in [1.29, 1.82) is 0 Å². The molecule has 0 bridgehead atoms. The lowest BCUT2D eigenvalue weighted by molar-refractivity contribution is 0.314. The van der Waals surface area contributed by atoms with Crippen molar-refractivity contribution in [3.63, 3.8) is 0 Å². The summed E-state index contributed by atoms with van der Waals surface area (Å²) in [6.45, 7) is 1.63. The van der Waals surface area contributed by atoms with Crippen LogP contribution in [0.25, 0.3) is 0 Å². The van der Waals surface area contributed by atoms with Gasteiger partial charge in [0.15, 0.2) is 0 Å². The summed E-state index contributed by atoms with van der Waals surface area (Å²) in [5, 5.41) is 0. The Morgan fingerprint density at radius 3 is 2.60 bits per heavy atom. The van der Waals surface area contributed by atoms with Crippen LogP contribution < -0.4 is 10.0 Å². The summed E-state index contributed by atoms with van der Waals surface area (Å²) >= 11 is 0. The lowest BCUT2D eigenvalue weighted by Crippen LogP contribution is -2.28. The third kappa shape index (κ3) is 2.97. The van der Waals surface area contributed by atoms with Gasteiger partial charge in [0.1, 0.15) is 0 Å². The van der Waals surface area contributed by atoms with Crippen LogP contribution in [0.3, 0.4) is 0 Å². The van der Waals surface area contributed by atoms with Gasteiger partial charge in [0.05, 0.1) is 11.9 Å². The molecule has 20 heavy (non-hydrogen) atoms. The molecule has 0 radical (unpaired) electrons. The van der Waals surface area contributed by atoms with E-state index in [0.29, 0.717) is 12.5 Å². The largest absolute Gasteiger partial charge is 0.330 e. The van der Waals surface area contributed by atoms with Gasteiger partial charge in [-0.2, -0.15) is 0 Å². The van der Waals surface area contributed by atoms with E-state index in [9.17, 15) is 8.42 Å². The Balaban J connectivity index is 2.38. The summed E-state index contributed by atoms with van der Waals surface area (Å²) < 4.78 is 24.9. The van der Waals surface area contributed by atoms with E-state index in [1.165, 1.54) is 10.6 Å². The SMILES string of the molecule is CN1CC(CN)CC1c1ccccc1N(C)S(C)(=O)=O. The van der Waals surface area contributed by atoms with E-state index < -0.39 is 10.0 Å². The van der Waals surface area contributed by atoms with Crippen molar-refractivity contribution >= 4 is 15.7 Å². The maximum Gasteiger partial charge on any atom is 0.232 e. The molecule has 1 aromatic rings. The zero-order valence-corrected chi connectivity index (χ0v) is 13.1. The van der Waals surface area contributed by atoms with Crippen LogP contribution in [0.5, 0.6) is 0 Å². The van der Waals surface area contributed by atoms with E-state index in [0.717, 1.165) is 24.2 Å². The first kappa shape index (κ1) is 15.3. The lowest BCUT2D eigenvalue weighted by Gasteiger charge is -2.26. The maximum atomic E-state index is 11.8. The molecule has 6 heteroatoms. The predicted octanol–water partition coefficient (Wildman–Crippen LogP) is 1.03. The van der Waals surface area contributed by atoms with Crippen LogP contribution in [0, 0.1) is 5.92 Å². The molecule has 2 N–H and O–H groups in total. The smallest absolute Gasteiger partial charge is 0.232 e. The van der Waals surface area contributed by atoms with Crippen molar-refractivity contribution < 1.29 is 8.42 Å². The fraction of sp³-hybridized carbons (Fsp3) is 0.571. The fourth-order valence-corrected chi connectivity index (χ4v) is 3.40. The molecule has 0 saturated carbocycles. The zero-order chi connectivity index (χ0) is 14.9. The molecule has 112 valence electrons. The number of sulfonamides is 1. The van der Waals surface area contributed by atoms with E-state index in [1.807, 2.05) is 24.3 Å². The first-order chi connectivity index (χ1) is 9.34. The third-order valence-corrected chi connectivity index (χ3v) is 5.29. The Bertz CT molecular complexity index is 574. The fourth-order valence-electron chi connectivity index (χ4n) is 2.87. The number of benzene rings is 1. The van der Waals surface area contributed by atoms with Crippen LogP contribution >= 0.6 is 0 Å². The highest BCUT2D eigenvalue weighted by molar-refractivity contribution is 7.92. The van der Waals surface area contributed by atoms with Gasteiger partial charge in [-0.15, -0.1) is 0 Å². The molecule has 1 heterocycles. The van der Waals surface area contributed by atoms with E-state index in [4.69, 9.17) is 5.73 Å². The first-order valence-electron chi connectivity index (χ1n) is 6.77. The van der Waals surface area contributed by atoms with Gasteiger partial charge in [-0.05, 0) is 37.6 Å². The average Bonchev–Trinajstić information content (AvgIpc) is 2.78. The van der Waals surface area contributed by atoms with E-state index in [1.54, 1.807) is 7.05 Å². The van der Waals surface area contributed by atoms with Crippen molar-refractivity contribution in [3.8, 4) is 0 Å².